The highest BCUT2D eigenvalue weighted by Crippen LogP contribution is 2.32. The van der Waals surface area contributed by atoms with E-state index in [1.54, 1.807) is 19.2 Å². The van der Waals surface area contributed by atoms with Gasteiger partial charge in [0.2, 0.25) is 0 Å². The van der Waals surface area contributed by atoms with Crippen molar-refractivity contribution in [2.75, 3.05) is 7.11 Å². The number of hydrogen-bond acceptors (Lipinski definition) is 3. The number of carboxylic acid groups (broad SMARTS) is 1. The molecule has 3 aromatic rings. The predicted octanol–water partition coefficient (Wildman–Crippen LogP) is 3.92. The van der Waals surface area contributed by atoms with Gasteiger partial charge in [0, 0.05) is 10.9 Å². The fourth-order valence-corrected chi connectivity index (χ4v) is 2.51. The molecule has 4 nitrogen and oxygen atoms in total. The number of pyridine rings is 1. The molecule has 0 bridgehead atoms. The SMILES string of the molecule is COc1ccc(C)cc1-c1cc(C(=O)O)c2ccccc2n1. The number of nitrogens with zero attached hydrogens (tertiary/aromatic N) is 1. The minimum atomic E-state index is -0.966. The quantitative estimate of drug-likeness (QED) is 0.795. The summed E-state index contributed by atoms with van der Waals surface area (Å²) < 4.78 is 5.38. The zero-order valence-corrected chi connectivity index (χ0v) is 12.3. The van der Waals surface area contributed by atoms with E-state index in [2.05, 4.69) is 4.98 Å². The van der Waals surface area contributed by atoms with E-state index in [1.165, 1.54) is 0 Å². The first-order valence-corrected chi connectivity index (χ1v) is 6.88. The Morgan fingerprint density at radius 1 is 1.14 bits per heavy atom. The van der Waals surface area contributed by atoms with Crippen molar-refractivity contribution in [2.45, 2.75) is 6.92 Å². The van der Waals surface area contributed by atoms with E-state index >= 15 is 0 Å². The van der Waals surface area contributed by atoms with Gasteiger partial charge in [0.15, 0.2) is 0 Å². The number of benzene rings is 2. The maximum atomic E-state index is 11.6. The van der Waals surface area contributed by atoms with E-state index in [0.717, 1.165) is 11.1 Å². The third-order valence-corrected chi connectivity index (χ3v) is 3.58. The molecule has 4 heteroatoms. The molecule has 0 saturated carbocycles. The Morgan fingerprint density at radius 2 is 1.91 bits per heavy atom. The molecule has 1 aromatic heterocycles. The number of hydrogen-bond donors (Lipinski definition) is 1. The standard InChI is InChI=1S/C18H15NO3/c1-11-7-8-17(22-2)14(9-11)16-10-13(18(20)21)12-5-3-4-6-15(12)19-16/h3-10H,1-2H3,(H,20,21). The molecule has 0 atom stereocenters. The van der Waals surface area contributed by atoms with Crippen LogP contribution in [0.25, 0.3) is 22.2 Å². The molecule has 0 amide bonds. The van der Waals surface area contributed by atoms with Crippen LogP contribution in [0.3, 0.4) is 0 Å². The van der Waals surface area contributed by atoms with Crippen LogP contribution in [-0.2, 0) is 0 Å². The zero-order valence-electron chi connectivity index (χ0n) is 12.3. The van der Waals surface area contributed by atoms with Crippen molar-refractivity contribution in [3.8, 4) is 17.0 Å². The minimum absolute atomic E-state index is 0.240. The Hall–Kier alpha value is -2.88. The molecular weight excluding hydrogens is 278 g/mol. The zero-order chi connectivity index (χ0) is 15.7. The van der Waals surface area contributed by atoms with Gasteiger partial charge in [-0.25, -0.2) is 9.78 Å². The van der Waals surface area contributed by atoms with Gasteiger partial charge in [0.05, 0.1) is 23.9 Å². The predicted molar refractivity (Wildman–Crippen MR) is 85.4 cm³/mol. The summed E-state index contributed by atoms with van der Waals surface area (Å²) >= 11 is 0. The summed E-state index contributed by atoms with van der Waals surface area (Å²) in [6, 6.07) is 14.6. The Labute approximate surface area is 128 Å². The van der Waals surface area contributed by atoms with Gasteiger partial charge >= 0.3 is 5.97 Å². The topological polar surface area (TPSA) is 59.4 Å². The molecule has 0 aliphatic rings. The highest BCUT2D eigenvalue weighted by molar-refractivity contribution is 6.03. The van der Waals surface area contributed by atoms with Crippen molar-refractivity contribution in [1.29, 1.82) is 0 Å². The monoisotopic (exact) mass is 293 g/mol. The van der Waals surface area contributed by atoms with Gasteiger partial charge in [0.25, 0.3) is 0 Å². The molecule has 110 valence electrons. The lowest BCUT2D eigenvalue weighted by Gasteiger charge is -2.11. The van der Waals surface area contributed by atoms with Crippen molar-refractivity contribution in [1.82, 2.24) is 4.98 Å². The second kappa shape index (κ2) is 5.48. The number of aryl methyl sites for hydroxylation is 1. The van der Waals surface area contributed by atoms with Gasteiger partial charge in [-0.3, -0.25) is 0 Å². The third kappa shape index (κ3) is 2.39. The maximum Gasteiger partial charge on any atom is 0.336 e. The molecule has 1 heterocycles. The number of fused-ring (bicyclic) bond motifs is 1. The van der Waals surface area contributed by atoms with Crippen LogP contribution in [0.15, 0.2) is 48.5 Å². The first-order chi connectivity index (χ1) is 10.6. The van der Waals surface area contributed by atoms with E-state index < -0.39 is 5.97 Å². The van der Waals surface area contributed by atoms with E-state index in [9.17, 15) is 9.90 Å². The number of carbonyl (C=O) groups is 1. The average Bonchev–Trinajstić information content (AvgIpc) is 2.53. The van der Waals surface area contributed by atoms with Gasteiger partial charge in [0.1, 0.15) is 5.75 Å². The molecule has 3 rings (SSSR count). The van der Waals surface area contributed by atoms with Crippen LogP contribution < -0.4 is 4.74 Å². The van der Waals surface area contributed by atoms with Crippen molar-refractivity contribution in [3.63, 3.8) is 0 Å². The van der Waals surface area contributed by atoms with Crippen LogP contribution >= 0.6 is 0 Å². The second-order valence-electron chi connectivity index (χ2n) is 5.08. The normalized spacial score (nSPS) is 10.6. The Bertz CT molecular complexity index is 871. The van der Waals surface area contributed by atoms with Crippen LogP contribution in [0.4, 0.5) is 0 Å². The molecule has 0 saturated heterocycles. The number of ether oxygens (including phenoxy) is 1. The van der Waals surface area contributed by atoms with E-state index in [0.29, 0.717) is 22.3 Å². The fourth-order valence-electron chi connectivity index (χ4n) is 2.51. The lowest BCUT2D eigenvalue weighted by molar-refractivity contribution is 0.0699. The molecule has 0 aliphatic carbocycles. The van der Waals surface area contributed by atoms with Crippen LogP contribution in [0.1, 0.15) is 15.9 Å². The van der Waals surface area contributed by atoms with Gasteiger partial charge in [-0.15, -0.1) is 0 Å². The number of para-hydroxylation sites is 1. The van der Waals surface area contributed by atoms with Crippen LogP contribution in [0.5, 0.6) is 5.75 Å². The van der Waals surface area contributed by atoms with Crippen molar-refractivity contribution in [3.05, 3.63) is 59.7 Å². The summed E-state index contributed by atoms with van der Waals surface area (Å²) in [6.45, 7) is 1.97. The summed E-state index contributed by atoms with van der Waals surface area (Å²) in [7, 11) is 1.59. The first kappa shape index (κ1) is 14.1. The number of aromatic nitrogens is 1. The Morgan fingerprint density at radius 3 is 2.64 bits per heavy atom. The molecule has 2 aromatic carbocycles. The molecule has 0 spiro atoms. The number of rotatable bonds is 3. The molecule has 0 radical (unpaired) electrons. The number of methoxy groups -OCH3 is 1. The van der Waals surface area contributed by atoms with Crippen molar-refractivity contribution < 1.29 is 14.6 Å². The highest BCUT2D eigenvalue weighted by Gasteiger charge is 2.15. The van der Waals surface area contributed by atoms with Crippen LogP contribution in [0.2, 0.25) is 0 Å². The van der Waals surface area contributed by atoms with Gasteiger partial charge in [-0.05, 0) is 31.2 Å². The van der Waals surface area contributed by atoms with Crippen LogP contribution in [0, 0.1) is 6.92 Å². The van der Waals surface area contributed by atoms with Gasteiger partial charge in [-0.2, -0.15) is 0 Å². The molecule has 1 N–H and O–H groups in total. The van der Waals surface area contributed by atoms with E-state index in [4.69, 9.17) is 4.74 Å². The molecule has 0 fully saturated rings. The van der Waals surface area contributed by atoms with Crippen molar-refractivity contribution >= 4 is 16.9 Å². The summed E-state index contributed by atoms with van der Waals surface area (Å²) in [5, 5.41) is 10.1. The van der Waals surface area contributed by atoms with Crippen LogP contribution in [-0.4, -0.2) is 23.2 Å². The highest BCUT2D eigenvalue weighted by atomic mass is 16.5. The first-order valence-electron chi connectivity index (χ1n) is 6.88. The van der Waals surface area contributed by atoms with Gasteiger partial charge < -0.3 is 9.84 Å². The lowest BCUT2D eigenvalue weighted by atomic mass is 10.0. The molecule has 0 aliphatic heterocycles. The largest absolute Gasteiger partial charge is 0.496 e. The molecule has 0 unspecified atom stereocenters. The second-order valence-corrected chi connectivity index (χ2v) is 5.08. The minimum Gasteiger partial charge on any atom is -0.496 e. The van der Waals surface area contributed by atoms with Gasteiger partial charge in [-0.1, -0.05) is 29.8 Å². The number of aromatic carboxylic acids is 1. The maximum absolute atomic E-state index is 11.6. The lowest BCUT2D eigenvalue weighted by Crippen LogP contribution is -2.01. The Kier molecular flexibility index (Phi) is 3.51. The van der Waals surface area contributed by atoms with E-state index in [1.807, 2.05) is 43.3 Å². The summed E-state index contributed by atoms with van der Waals surface area (Å²) in [5.41, 5.74) is 3.33. The van der Waals surface area contributed by atoms with E-state index in [-0.39, 0.29) is 5.56 Å². The number of carboxylic acids is 1. The van der Waals surface area contributed by atoms with Crippen molar-refractivity contribution in [2.24, 2.45) is 0 Å². The smallest absolute Gasteiger partial charge is 0.336 e. The summed E-state index contributed by atoms with van der Waals surface area (Å²) in [4.78, 5) is 16.2. The molecule has 22 heavy (non-hydrogen) atoms. The fraction of sp³-hybridized carbons (Fsp3) is 0.111. The third-order valence-electron chi connectivity index (χ3n) is 3.58. The Balaban J connectivity index is 2.33. The summed E-state index contributed by atoms with van der Waals surface area (Å²) in [5.74, 6) is -0.295. The molecular formula is C18H15NO3. The average molecular weight is 293 g/mol. The summed E-state index contributed by atoms with van der Waals surface area (Å²) in [6.07, 6.45) is 0.